The number of aromatic nitrogens is 2. The summed E-state index contributed by atoms with van der Waals surface area (Å²) in [6, 6.07) is 3.84. The van der Waals surface area contributed by atoms with Gasteiger partial charge < -0.3 is 10.4 Å². The Morgan fingerprint density at radius 3 is 2.57 bits per heavy atom. The van der Waals surface area contributed by atoms with Gasteiger partial charge in [0, 0.05) is 18.2 Å². The summed E-state index contributed by atoms with van der Waals surface area (Å²) in [6.07, 6.45) is 0. The first-order chi connectivity index (χ1) is 9.92. The summed E-state index contributed by atoms with van der Waals surface area (Å²) >= 11 is 2.22. The Labute approximate surface area is 137 Å². The highest BCUT2D eigenvalue weighted by atomic mass is 127. The van der Waals surface area contributed by atoms with Gasteiger partial charge in [-0.25, -0.2) is 14.4 Å². The molecule has 0 atom stereocenters. The molecular formula is C15H17FIN3O. The molecule has 0 aliphatic rings. The molecular weight excluding hydrogens is 384 g/mol. The lowest BCUT2D eigenvalue weighted by Crippen LogP contribution is -2.09. The van der Waals surface area contributed by atoms with E-state index < -0.39 is 5.82 Å². The summed E-state index contributed by atoms with van der Waals surface area (Å²) in [6.45, 7) is 6.82. The zero-order valence-corrected chi connectivity index (χ0v) is 14.3. The third kappa shape index (κ3) is 3.61. The van der Waals surface area contributed by atoms with Crippen molar-refractivity contribution in [1.29, 1.82) is 0 Å². The Hall–Kier alpha value is -1.44. The van der Waals surface area contributed by atoms with Crippen molar-refractivity contribution in [2.45, 2.75) is 26.7 Å². The van der Waals surface area contributed by atoms with Crippen LogP contribution in [0.25, 0.3) is 11.4 Å². The van der Waals surface area contributed by atoms with Gasteiger partial charge in [-0.2, -0.15) is 0 Å². The fraction of sp³-hybridized carbons (Fsp3) is 0.333. The molecule has 4 nitrogen and oxygen atoms in total. The van der Waals surface area contributed by atoms with Crippen LogP contribution in [0.3, 0.4) is 0 Å². The second kappa shape index (κ2) is 6.55. The van der Waals surface area contributed by atoms with Crippen molar-refractivity contribution < 1.29 is 9.50 Å². The normalized spacial score (nSPS) is 11.0. The van der Waals surface area contributed by atoms with Crippen molar-refractivity contribution in [2.75, 3.05) is 11.9 Å². The SMILES string of the molecule is CCNc1nc(-c2cc(O)cc(F)c2)nc(C(C)C)c1I. The third-order valence-electron chi connectivity index (χ3n) is 2.91. The molecule has 0 radical (unpaired) electrons. The van der Waals surface area contributed by atoms with Crippen LogP contribution in [-0.4, -0.2) is 21.6 Å². The quantitative estimate of drug-likeness (QED) is 0.756. The maximum absolute atomic E-state index is 13.5. The van der Waals surface area contributed by atoms with Crippen LogP contribution in [0.4, 0.5) is 10.2 Å². The van der Waals surface area contributed by atoms with Gasteiger partial charge in [0.2, 0.25) is 0 Å². The Morgan fingerprint density at radius 1 is 1.29 bits per heavy atom. The van der Waals surface area contributed by atoms with Gasteiger partial charge in [-0.05, 0) is 47.6 Å². The van der Waals surface area contributed by atoms with Crippen LogP contribution >= 0.6 is 22.6 Å². The topological polar surface area (TPSA) is 58.0 Å². The molecule has 0 fully saturated rings. The Bertz CT molecular complexity index is 641. The molecule has 112 valence electrons. The minimum Gasteiger partial charge on any atom is -0.508 e. The molecule has 0 aliphatic heterocycles. The van der Waals surface area contributed by atoms with Crippen LogP contribution in [0, 0.1) is 9.39 Å². The number of nitrogens with zero attached hydrogens (tertiary/aromatic N) is 2. The maximum Gasteiger partial charge on any atom is 0.162 e. The van der Waals surface area contributed by atoms with E-state index >= 15 is 0 Å². The first kappa shape index (κ1) is 15.9. The van der Waals surface area contributed by atoms with Gasteiger partial charge in [0.1, 0.15) is 17.4 Å². The molecule has 0 unspecified atom stereocenters. The number of rotatable bonds is 4. The number of hydrogen-bond acceptors (Lipinski definition) is 4. The standard InChI is InChI=1S/C15H17FIN3O/c1-4-18-15-12(17)13(8(2)3)19-14(20-15)9-5-10(16)7-11(21)6-9/h5-8,21H,4H2,1-3H3,(H,18,19,20). The monoisotopic (exact) mass is 401 g/mol. The van der Waals surface area contributed by atoms with Crippen molar-refractivity contribution in [1.82, 2.24) is 9.97 Å². The van der Waals surface area contributed by atoms with Crippen molar-refractivity contribution in [3.8, 4) is 17.1 Å². The first-order valence-corrected chi connectivity index (χ1v) is 7.81. The minimum atomic E-state index is -0.511. The summed E-state index contributed by atoms with van der Waals surface area (Å²) in [5, 5.41) is 12.7. The Morgan fingerprint density at radius 2 is 2.00 bits per heavy atom. The van der Waals surface area contributed by atoms with Crippen LogP contribution < -0.4 is 5.32 Å². The number of phenolic OH excluding ortho intramolecular Hbond substituents is 1. The van der Waals surface area contributed by atoms with Crippen molar-refractivity contribution in [3.05, 3.63) is 33.3 Å². The highest BCUT2D eigenvalue weighted by Gasteiger charge is 2.16. The first-order valence-electron chi connectivity index (χ1n) is 6.73. The molecule has 0 aliphatic carbocycles. The Kier molecular flexibility index (Phi) is 4.97. The second-order valence-electron chi connectivity index (χ2n) is 4.98. The van der Waals surface area contributed by atoms with E-state index in [-0.39, 0.29) is 11.7 Å². The van der Waals surface area contributed by atoms with Crippen LogP contribution in [-0.2, 0) is 0 Å². The van der Waals surface area contributed by atoms with Gasteiger partial charge in [0.25, 0.3) is 0 Å². The van der Waals surface area contributed by atoms with Crippen molar-refractivity contribution in [3.63, 3.8) is 0 Å². The van der Waals surface area contributed by atoms with E-state index in [4.69, 9.17) is 0 Å². The largest absolute Gasteiger partial charge is 0.508 e. The van der Waals surface area contributed by atoms with Crippen LogP contribution in [0.5, 0.6) is 5.75 Å². The predicted molar refractivity (Wildman–Crippen MR) is 90.1 cm³/mol. The molecule has 6 heteroatoms. The number of aromatic hydroxyl groups is 1. The van der Waals surface area contributed by atoms with Gasteiger partial charge in [-0.15, -0.1) is 0 Å². The van der Waals surface area contributed by atoms with E-state index in [1.54, 1.807) is 0 Å². The summed E-state index contributed by atoms with van der Waals surface area (Å²) in [7, 11) is 0. The fourth-order valence-electron chi connectivity index (χ4n) is 1.96. The van der Waals surface area contributed by atoms with Crippen LogP contribution in [0.15, 0.2) is 18.2 Å². The number of anilines is 1. The third-order valence-corrected chi connectivity index (χ3v) is 3.97. The van der Waals surface area contributed by atoms with E-state index in [0.29, 0.717) is 11.4 Å². The zero-order chi connectivity index (χ0) is 15.6. The summed E-state index contributed by atoms with van der Waals surface area (Å²) in [5.74, 6) is 0.713. The zero-order valence-electron chi connectivity index (χ0n) is 12.1. The number of benzene rings is 1. The molecule has 2 rings (SSSR count). The second-order valence-corrected chi connectivity index (χ2v) is 6.06. The smallest absolute Gasteiger partial charge is 0.162 e. The number of hydrogen-bond donors (Lipinski definition) is 2. The molecule has 1 aromatic carbocycles. The highest BCUT2D eigenvalue weighted by molar-refractivity contribution is 14.1. The van der Waals surface area contributed by atoms with Gasteiger partial charge >= 0.3 is 0 Å². The number of phenols is 1. The lowest BCUT2D eigenvalue weighted by molar-refractivity contribution is 0.469. The van der Waals surface area contributed by atoms with Crippen molar-refractivity contribution in [2.24, 2.45) is 0 Å². The number of nitrogens with one attached hydrogen (secondary N) is 1. The van der Waals surface area contributed by atoms with E-state index in [1.165, 1.54) is 12.1 Å². The Balaban J connectivity index is 2.62. The van der Waals surface area contributed by atoms with Gasteiger partial charge in [0.15, 0.2) is 5.82 Å². The molecule has 1 heterocycles. The average Bonchev–Trinajstić information content (AvgIpc) is 2.39. The van der Waals surface area contributed by atoms with Gasteiger partial charge in [-0.1, -0.05) is 13.8 Å². The molecule has 1 aromatic heterocycles. The van der Waals surface area contributed by atoms with Crippen LogP contribution in [0.2, 0.25) is 0 Å². The lowest BCUT2D eigenvalue weighted by Gasteiger charge is -2.14. The van der Waals surface area contributed by atoms with Gasteiger partial charge in [0.05, 0.1) is 9.26 Å². The summed E-state index contributed by atoms with van der Waals surface area (Å²) in [5.41, 5.74) is 1.37. The highest BCUT2D eigenvalue weighted by Crippen LogP contribution is 2.29. The average molecular weight is 401 g/mol. The molecule has 0 amide bonds. The lowest BCUT2D eigenvalue weighted by atomic mass is 10.1. The summed E-state index contributed by atoms with van der Waals surface area (Å²) < 4.78 is 14.4. The van der Waals surface area contributed by atoms with E-state index in [0.717, 1.165) is 27.7 Å². The van der Waals surface area contributed by atoms with E-state index in [9.17, 15) is 9.50 Å². The van der Waals surface area contributed by atoms with E-state index in [1.807, 2.05) is 20.8 Å². The maximum atomic E-state index is 13.5. The number of halogens is 2. The van der Waals surface area contributed by atoms with E-state index in [2.05, 4.69) is 37.9 Å². The molecule has 0 bridgehead atoms. The predicted octanol–water partition coefficient (Wildman–Crippen LogP) is 4.15. The molecule has 2 aromatic rings. The van der Waals surface area contributed by atoms with Crippen molar-refractivity contribution >= 4 is 28.4 Å². The van der Waals surface area contributed by atoms with Gasteiger partial charge in [-0.3, -0.25) is 0 Å². The fourth-order valence-corrected chi connectivity index (χ4v) is 3.02. The molecule has 0 spiro atoms. The molecule has 0 saturated heterocycles. The molecule has 2 N–H and O–H groups in total. The molecule has 21 heavy (non-hydrogen) atoms. The van der Waals surface area contributed by atoms with Crippen LogP contribution in [0.1, 0.15) is 32.4 Å². The summed E-state index contributed by atoms with van der Waals surface area (Å²) in [4.78, 5) is 8.98. The molecule has 0 saturated carbocycles. The minimum absolute atomic E-state index is 0.136.